The third-order valence-corrected chi connectivity index (χ3v) is 4.14. The minimum Gasteiger partial charge on any atom is -0.318 e. The molecular formula is C15H15N3S. The van der Waals surface area contributed by atoms with Crippen LogP contribution in [0.1, 0.15) is 21.5 Å². The van der Waals surface area contributed by atoms with Crippen LogP contribution in [-0.4, -0.2) is 9.78 Å². The zero-order valence-corrected chi connectivity index (χ0v) is 11.5. The predicted molar refractivity (Wildman–Crippen MR) is 78.7 cm³/mol. The van der Waals surface area contributed by atoms with Gasteiger partial charge in [0.2, 0.25) is 0 Å². The molecule has 1 atom stereocenters. The molecule has 2 aromatic heterocycles. The minimum atomic E-state index is -0.138. The lowest BCUT2D eigenvalue weighted by molar-refractivity contribution is 0.748. The minimum absolute atomic E-state index is 0.138. The highest BCUT2D eigenvalue weighted by Crippen LogP contribution is 2.27. The van der Waals surface area contributed by atoms with E-state index in [1.807, 2.05) is 41.1 Å². The fourth-order valence-corrected chi connectivity index (χ4v) is 2.99. The molecule has 1 aromatic carbocycles. The van der Waals surface area contributed by atoms with E-state index >= 15 is 0 Å². The van der Waals surface area contributed by atoms with Crippen LogP contribution in [0.25, 0.3) is 5.69 Å². The van der Waals surface area contributed by atoms with Crippen LogP contribution in [0, 0.1) is 6.92 Å². The Hall–Kier alpha value is -1.91. The summed E-state index contributed by atoms with van der Waals surface area (Å²) in [6, 6.07) is 16.1. The summed E-state index contributed by atoms with van der Waals surface area (Å²) in [6.07, 6.45) is 1.79. The molecule has 0 aliphatic carbocycles. The molecule has 1 unspecified atom stereocenters. The van der Waals surface area contributed by atoms with Crippen LogP contribution < -0.4 is 5.73 Å². The average molecular weight is 269 g/mol. The number of benzene rings is 1. The van der Waals surface area contributed by atoms with Crippen LogP contribution in [0.15, 0.2) is 54.7 Å². The van der Waals surface area contributed by atoms with Crippen molar-refractivity contribution < 1.29 is 0 Å². The summed E-state index contributed by atoms with van der Waals surface area (Å²) in [7, 11) is 0. The van der Waals surface area contributed by atoms with E-state index in [0.29, 0.717) is 0 Å². The van der Waals surface area contributed by atoms with Gasteiger partial charge < -0.3 is 5.73 Å². The third-order valence-electron chi connectivity index (χ3n) is 3.06. The first-order chi connectivity index (χ1) is 9.25. The molecule has 0 amide bonds. The molecule has 3 rings (SSSR count). The van der Waals surface area contributed by atoms with E-state index in [1.165, 1.54) is 4.88 Å². The van der Waals surface area contributed by atoms with Gasteiger partial charge in [-0.1, -0.05) is 18.2 Å². The molecule has 0 radical (unpaired) electrons. The van der Waals surface area contributed by atoms with Crippen LogP contribution in [0.4, 0.5) is 0 Å². The molecule has 96 valence electrons. The highest BCUT2D eigenvalue weighted by atomic mass is 32.1. The summed E-state index contributed by atoms with van der Waals surface area (Å²) in [6.45, 7) is 2.09. The molecule has 0 saturated carbocycles. The Labute approximate surface area is 116 Å². The summed E-state index contributed by atoms with van der Waals surface area (Å²) in [4.78, 5) is 2.44. The van der Waals surface area contributed by atoms with E-state index in [4.69, 9.17) is 5.73 Å². The molecule has 0 aliphatic rings. The largest absolute Gasteiger partial charge is 0.318 e. The molecule has 19 heavy (non-hydrogen) atoms. The van der Waals surface area contributed by atoms with Gasteiger partial charge >= 0.3 is 0 Å². The monoisotopic (exact) mass is 269 g/mol. The molecular weight excluding hydrogens is 254 g/mol. The lowest BCUT2D eigenvalue weighted by atomic mass is 10.2. The van der Waals surface area contributed by atoms with Crippen LogP contribution >= 0.6 is 11.3 Å². The predicted octanol–water partition coefficient (Wildman–Crippen LogP) is 3.29. The maximum atomic E-state index is 6.36. The van der Waals surface area contributed by atoms with E-state index in [-0.39, 0.29) is 6.04 Å². The Morgan fingerprint density at radius 3 is 2.58 bits per heavy atom. The van der Waals surface area contributed by atoms with Crippen molar-refractivity contribution in [1.29, 1.82) is 0 Å². The van der Waals surface area contributed by atoms with Crippen molar-refractivity contribution >= 4 is 11.3 Å². The number of aryl methyl sites for hydroxylation is 1. The van der Waals surface area contributed by atoms with Crippen molar-refractivity contribution in [2.75, 3.05) is 0 Å². The van der Waals surface area contributed by atoms with Gasteiger partial charge in [-0.2, -0.15) is 5.10 Å². The average Bonchev–Trinajstić information content (AvgIpc) is 3.07. The van der Waals surface area contributed by atoms with Crippen LogP contribution in [0.2, 0.25) is 0 Å². The lowest BCUT2D eigenvalue weighted by Crippen LogP contribution is -2.15. The SMILES string of the molecule is Cc1ccc(C(N)c2ccnn2-c2ccccc2)s1. The van der Waals surface area contributed by atoms with Gasteiger partial charge in [-0.3, -0.25) is 0 Å². The van der Waals surface area contributed by atoms with Gasteiger partial charge in [-0.25, -0.2) is 4.68 Å². The number of nitrogens with zero attached hydrogens (tertiary/aromatic N) is 2. The molecule has 0 saturated heterocycles. The number of rotatable bonds is 3. The Bertz CT molecular complexity index is 670. The van der Waals surface area contributed by atoms with Gasteiger partial charge in [-0.15, -0.1) is 11.3 Å². The summed E-state index contributed by atoms with van der Waals surface area (Å²) < 4.78 is 1.90. The first-order valence-corrected chi connectivity index (χ1v) is 6.98. The molecule has 3 aromatic rings. The molecule has 3 nitrogen and oxygen atoms in total. The number of nitrogens with two attached hydrogens (primary N) is 1. The van der Waals surface area contributed by atoms with Crippen molar-refractivity contribution in [1.82, 2.24) is 9.78 Å². The molecule has 2 N–H and O–H groups in total. The van der Waals surface area contributed by atoms with Crippen molar-refractivity contribution in [3.63, 3.8) is 0 Å². The van der Waals surface area contributed by atoms with Crippen molar-refractivity contribution in [3.8, 4) is 5.69 Å². The molecule has 4 heteroatoms. The van der Waals surface area contributed by atoms with Gasteiger partial charge in [0.15, 0.2) is 0 Å². The van der Waals surface area contributed by atoms with Crippen LogP contribution in [0.3, 0.4) is 0 Å². The van der Waals surface area contributed by atoms with E-state index < -0.39 is 0 Å². The van der Waals surface area contributed by atoms with Crippen molar-refractivity contribution in [3.05, 3.63) is 70.2 Å². The molecule has 0 bridgehead atoms. The molecule has 0 aliphatic heterocycles. The van der Waals surface area contributed by atoms with E-state index in [1.54, 1.807) is 17.5 Å². The number of hydrogen-bond acceptors (Lipinski definition) is 3. The number of hydrogen-bond donors (Lipinski definition) is 1. The second-order valence-corrected chi connectivity index (χ2v) is 5.75. The Kier molecular flexibility index (Phi) is 3.19. The lowest BCUT2D eigenvalue weighted by Gasteiger charge is -2.13. The smallest absolute Gasteiger partial charge is 0.0821 e. The maximum absolute atomic E-state index is 6.36. The first-order valence-electron chi connectivity index (χ1n) is 6.17. The van der Waals surface area contributed by atoms with Crippen LogP contribution in [-0.2, 0) is 0 Å². The van der Waals surface area contributed by atoms with Gasteiger partial charge in [0, 0.05) is 16.0 Å². The van der Waals surface area contributed by atoms with E-state index in [9.17, 15) is 0 Å². The zero-order valence-electron chi connectivity index (χ0n) is 10.7. The highest BCUT2D eigenvalue weighted by Gasteiger charge is 2.16. The summed E-state index contributed by atoms with van der Waals surface area (Å²) in [5.41, 5.74) is 8.40. The fourth-order valence-electron chi connectivity index (χ4n) is 2.10. The molecule has 0 spiro atoms. The molecule has 2 heterocycles. The van der Waals surface area contributed by atoms with Crippen molar-refractivity contribution in [2.45, 2.75) is 13.0 Å². The summed E-state index contributed by atoms with van der Waals surface area (Å²) in [5, 5.41) is 4.38. The zero-order chi connectivity index (χ0) is 13.2. The second-order valence-electron chi connectivity index (χ2n) is 4.43. The second kappa shape index (κ2) is 4.99. The summed E-state index contributed by atoms with van der Waals surface area (Å²) in [5.74, 6) is 0. The third kappa shape index (κ3) is 2.32. The van der Waals surface area contributed by atoms with Gasteiger partial charge in [0.1, 0.15) is 0 Å². The van der Waals surface area contributed by atoms with E-state index in [2.05, 4.69) is 24.2 Å². The molecule has 0 fully saturated rings. The van der Waals surface area contributed by atoms with Gasteiger partial charge in [0.25, 0.3) is 0 Å². The Balaban J connectivity index is 2.01. The summed E-state index contributed by atoms with van der Waals surface area (Å²) >= 11 is 1.73. The topological polar surface area (TPSA) is 43.8 Å². The fraction of sp³-hybridized carbons (Fsp3) is 0.133. The van der Waals surface area contributed by atoms with Crippen molar-refractivity contribution in [2.24, 2.45) is 5.73 Å². The van der Waals surface area contributed by atoms with Crippen LogP contribution in [0.5, 0.6) is 0 Å². The highest BCUT2D eigenvalue weighted by molar-refractivity contribution is 7.12. The number of aromatic nitrogens is 2. The standard InChI is InChI=1S/C15H15N3S/c1-11-7-8-14(19-11)15(16)13-9-10-17-18(13)12-5-3-2-4-6-12/h2-10,15H,16H2,1H3. The number of thiophene rings is 1. The quantitative estimate of drug-likeness (QED) is 0.793. The first kappa shape index (κ1) is 12.1. The Morgan fingerprint density at radius 1 is 1.11 bits per heavy atom. The Morgan fingerprint density at radius 2 is 1.89 bits per heavy atom. The maximum Gasteiger partial charge on any atom is 0.0821 e. The van der Waals surface area contributed by atoms with E-state index in [0.717, 1.165) is 16.3 Å². The normalized spacial score (nSPS) is 12.5. The van der Waals surface area contributed by atoms with Gasteiger partial charge in [-0.05, 0) is 37.3 Å². The number of para-hydroxylation sites is 1. The van der Waals surface area contributed by atoms with Gasteiger partial charge in [0.05, 0.1) is 17.4 Å².